The highest BCUT2D eigenvalue weighted by atomic mass is 32.2. The lowest BCUT2D eigenvalue weighted by molar-refractivity contribution is -0.179. The molecule has 1 aromatic carbocycles. The molecule has 4 nitrogen and oxygen atoms in total. The maximum atomic E-state index is 14.4. The first-order valence-corrected chi connectivity index (χ1v) is 8.44. The molecule has 0 heterocycles. The van der Waals surface area contributed by atoms with Gasteiger partial charge in [0.25, 0.3) is 0 Å². The molecule has 0 amide bonds. The van der Waals surface area contributed by atoms with Crippen LogP contribution >= 0.6 is 0 Å². The van der Waals surface area contributed by atoms with E-state index in [-0.39, 0.29) is 6.61 Å². The second-order valence-electron chi connectivity index (χ2n) is 6.34. The van der Waals surface area contributed by atoms with Crippen LogP contribution in [0.2, 0.25) is 0 Å². The Labute approximate surface area is 138 Å². The van der Waals surface area contributed by atoms with Crippen LogP contribution in [0.1, 0.15) is 33.3 Å². The lowest BCUT2D eigenvalue weighted by Crippen LogP contribution is -2.57. The van der Waals surface area contributed by atoms with E-state index in [4.69, 9.17) is 0 Å². The minimum atomic E-state index is -3.80. The molecule has 0 aliphatic heterocycles. The number of hydrogen-bond donors (Lipinski definition) is 1. The molecule has 0 spiro atoms. The summed E-state index contributed by atoms with van der Waals surface area (Å²) in [5, 5.41) is 0. The molecule has 7 heteroatoms. The van der Waals surface area contributed by atoms with Crippen molar-refractivity contribution >= 4 is 17.0 Å². The second kappa shape index (κ2) is 7.49. The Balaban J connectivity index is 3.06. The molecule has 0 radical (unpaired) electrons. The zero-order chi connectivity index (χ0) is 17.8. The van der Waals surface area contributed by atoms with Crippen LogP contribution in [-0.4, -0.2) is 28.7 Å². The Hall–Kier alpha value is -1.34. The molecule has 0 fully saturated rings. The summed E-state index contributed by atoms with van der Waals surface area (Å²) in [5.74, 6) is -5.41. The third-order valence-electron chi connectivity index (χ3n) is 3.24. The molecular formula is C16H23F2NO3S. The molecule has 0 aliphatic carbocycles. The van der Waals surface area contributed by atoms with Gasteiger partial charge < -0.3 is 4.74 Å². The zero-order valence-electron chi connectivity index (χ0n) is 14.0. The van der Waals surface area contributed by atoms with Gasteiger partial charge in [0.1, 0.15) is 11.0 Å². The van der Waals surface area contributed by atoms with Crippen molar-refractivity contribution in [1.82, 2.24) is 4.72 Å². The Bertz CT molecular complexity index is 568. The molecular weight excluding hydrogens is 324 g/mol. The van der Waals surface area contributed by atoms with E-state index in [0.29, 0.717) is 4.90 Å². The highest BCUT2D eigenvalue weighted by molar-refractivity contribution is 7.83. The minimum absolute atomic E-state index is 0.146. The Morgan fingerprint density at radius 3 is 2.22 bits per heavy atom. The number of halogens is 2. The first kappa shape index (κ1) is 19.7. The summed E-state index contributed by atoms with van der Waals surface area (Å²) in [6, 6.07) is 5.03. The van der Waals surface area contributed by atoms with Crippen LogP contribution in [0.5, 0.6) is 0 Å². The van der Waals surface area contributed by atoms with Gasteiger partial charge in [-0.3, -0.25) is 0 Å². The van der Waals surface area contributed by atoms with Gasteiger partial charge in [-0.15, -0.1) is 0 Å². The summed E-state index contributed by atoms with van der Waals surface area (Å²) >= 11 is 0. The van der Waals surface area contributed by atoms with Crippen molar-refractivity contribution in [1.29, 1.82) is 0 Å². The van der Waals surface area contributed by atoms with E-state index in [1.807, 2.05) is 6.92 Å². The van der Waals surface area contributed by atoms with Crippen LogP contribution in [-0.2, 0) is 20.5 Å². The summed E-state index contributed by atoms with van der Waals surface area (Å²) < 4.78 is 48.1. The van der Waals surface area contributed by atoms with Gasteiger partial charge in [0.15, 0.2) is 0 Å². The smallest absolute Gasteiger partial charge is 0.378 e. The lowest BCUT2D eigenvalue weighted by Gasteiger charge is -2.35. The van der Waals surface area contributed by atoms with E-state index in [2.05, 4.69) is 9.46 Å². The number of nitrogens with one attached hydrogen (secondary N) is 1. The number of rotatable bonds is 6. The van der Waals surface area contributed by atoms with Crippen LogP contribution < -0.4 is 4.72 Å². The van der Waals surface area contributed by atoms with E-state index in [1.54, 1.807) is 45.0 Å². The molecule has 0 saturated carbocycles. The number of alkyl halides is 2. The molecule has 0 saturated heterocycles. The predicted molar refractivity (Wildman–Crippen MR) is 85.5 cm³/mol. The largest absolute Gasteiger partial charge is 0.462 e. The van der Waals surface area contributed by atoms with E-state index >= 15 is 0 Å². The second-order valence-corrected chi connectivity index (χ2v) is 7.59. The molecule has 0 unspecified atom stereocenters. The average molecular weight is 347 g/mol. The molecule has 0 aromatic heterocycles. The summed E-state index contributed by atoms with van der Waals surface area (Å²) in [6.45, 7) is 7.82. The fraction of sp³-hybridized carbons (Fsp3) is 0.562. The fourth-order valence-electron chi connectivity index (χ4n) is 1.98. The Morgan fingerprint density at radius 1 is 1.26 bits per heavy atom. The standard InChI is InChI=1S/C16H23F2NO3S/c1-6-22-14(20)16(17,18)13(15(3,4)5)19-23(21)12-9-7-11(2)8-10-12/h7-10,13,19H,6H2,1-5H3/t13-,23-/m0/s1. The molecule has 1 N–H and O–H groups in total. The van der Waals surface area contributed by atoms with Crippen LogP contribution in [0.15, 0.2) is 29.2 Å². The van der Waals surface area contributed by atoms with Crippen LogP contribution in [0, 0.1) is 12.3 Å². The van der Waals surface area contributed by atoms with E-state index in [0.717, 1.165) is 5.56 Å². The predicted octanol–water partition coefficient (Wildman–Crippen LogP) is 3.22. The van der Waals surface area contributed by atoms with E-state index in [9.17, 15) is 17.8 Å². The fourth-order valence-corrected chi connectivity index (χ4v) is 3.21. The number of carbonyl (C=O) groups excluding carboxylic acids is 1. The summed E-state index contributed by atoms with van der Waals surface area (Å²) in [5.41, 5.74) is -0.0497. The third-order valence-corrected chi connectivity index (χ3v) is 4.39. The molecule has 130 valence electrons. The first-order valence-electron chi connectivity index (χ1n) is 7.29. The van der Waals surface area contributed by atoms with Crippen LogP contribution in [0.3, 0.4) is 0 Å². The molecule has 1 rings (SSSR count). The van der Waals surface area contributed by atoms with Crippen molar-refractivity contribution < 1.29 is 22.5 Å². The Morgan fingerprint density at radius 2 is 1.78 bits per heavy atom. The summed E-state index contributed by atoms with van der Waals surface area (Å²) in [7, 11) is -1.87. The number of ether oxygens (including phenoxy) is 1. The van der Waals surface area contributed by atoms with Crippen molar-refractivity contribution in [2.45, 2.75) is 51.5 Å². The number of benzene rings is 1. The number of esters is 1. The third kappa shape index (κ3) is 5.07. The maximum absolute atomic E-state index is 14.4. The Kier molecular flexibility index (Phi) is 6.41. The lowest BCUT2D eigenvalue weighted by atomic mass is 9.83. The molecule has 0 bridgehead atoms. The van der Waals surface area contributed by atoms with Gasteiger partial charge >= 0.3 is 11.9 Å². The molecule has 0 aliphatic rings. The number of carbonyl (C=O) groups is 1. The summed E-state index contributed by atoms with van der Waals surface area (Å²) in [6.07, 6.45) is 0. The molecule has 2 atom stereocenters. The van der Waals surface area contributed by atoms with E-state index < -0.39 is 34.3 Å². The van der Waals surface area contributed by atoms with Gasteiger partial charge in [-0.2, -0.15) is 8.78 Å². The van der Waals surface area contributed by atoms with Gasteiger partial charge in [0.2, 0.25) is 0 Å². The monoisotopic (exact) mass is 347 g/mol. The van der Waals surface area contributed by atoms with Crippen LogP contribution in [0.25, 0.3) is 0 Å². The van der Waals surface area contributed by atoms with E-state index in [1.165, 1.54) is 6.92 Å². The van der Waals surface area contributed by atoms with Crippen LogP contribution in [0.4, 0.5) is 8.78 Å². The zero-order valence-corrected chi connectivity index (χ0v) is 14.8. The topological polar surface area (TPSA) is 55.4 Å². The van der Waals surface area contributed by atoms with Gasteiger partial charge in [-0.1, -0.05) is 38.5 Å². The van der Waals surface area contributed by atoms with Gasteiger partial charge in [-0.25, -0.2) is 13.7 Å². The SMILES string of the molecule is CCOC(=O)C(F)(F)[C@@H](N[S@@](=O)c1ccc(C)cc1)C(C)(C)C. The highest BCUT2D eigenvalue weighted by Crippen LogP contribution is 2.34. The van der Waals surface area contributed by atoms with Crippen molar-refractivity contribution in [3.05, 3.63) is 29.8 Å². The van der Waals surface area contributed by atoms with Gasteiger partial charge in [0, 0.05) is 0 Å². The van der Waals surface area contributed by atoms with Gasteiger partial charge in [0.05, 0.1) is 17.5 Å². The quantitative estimate of drug-likeness (QED) is 0.804. The van der Waals surface area contributed by atoms with Crippen molar-refractivity contribution in [2.75, 3.05) is 6.61 Å². The van der Waals surface area contributed by atoms with Crippen molar-refractivity contribution in [2.24, 2.45) is 5.41 Å². The van der Waals surface area contributed by atoms with Crippen molar-refractivity contribution in [3.8, 4) is 0 Å². The number of aryl methyl sites for hydroxylation is 1. The molecule has 23 heavy (non-hydrogen) atoms. The summed E-state index contributed by atoms with van der Waals surface area (Å²) in [4.78, 5) is 12.0. The highest BCUT2D eigenvalue weighted by Gasteiger charge is 2.54. The number of hydrogen-bond acceptors (Lipinski definition) is 3. The maximum Gasteiger partial charge on any atom is 0.378 e. The average Bonchev–Trinajstić information content (AvgIpc) is 2.44. The van der Waals surface area contributed by atoms with Gasteiger partial charge in [-0.05, 0) is 31.4 Å². The first-order chi connectivity index (χ1) is 10.5. The van der Waals surface area contributed by atoms with Crippen molar-refractivity contribution in [3.63, 3.8) is 0 Å². The minimum Gasteiger partial charge on any atom is -0.462 e. The normalized spacial score (nSPS) is 15.1. The molecule has 1 aromatic rings.